The number of hydrogen-bond acceptors (Lipinski definition) is 4. The largest absolute Gasteiger partial charge is 0.342 e. The van der Waals surface area contributed by atoms with Gasteiger partial charge in [-0.05, 0) is 44.9 Å². The van der Waals surface area contributed by atoms with Gasteiger partial charge in [-0.25, -0.2) is 4.98 Å². The number of hydrogen-bond donors (Lipinski definition) is 1. The number of para-hydroxylation sites is 1. The second-order valence-electron chi connectivity index (χ2n) is 7.07. The van der Waals surface area contributed by atoms with Crippen molar-refractivity contribution >= 4 is 52.3 Å². The van der Waals surface area contributed by atoms with E-state index < -0.39 is 0 Å². The van der Waals surface area contributed by atoms with E-state index in [0.29, 0.717) is 11.8 Å². The van der Waals surface area contributed by atoms with E-state index in [1.54, 1.807) is 0 Å². The van der Waals surface area contributed by atoms with Gasteiger partial charge in [0.05, 0.1) is 20.6 Å². The number of rotatable bonds is 2. The molecule has 1 aromatic carbocycles. The van der Waals surface area contributed by atoms with E-state index in [0.717, 1.165) is 51.0 Å². The lowest BCUT2D eigenvalue weighted by Gasteiger charge is -2.36. The number of piperidine rings is 1. The first kappa shape index (κ1) is 20.4. The lowest BCUT2D eigenvalue weighted by Crippen LogP contribution is -2.46. The molecule has 3 heterocycles. The summed E-state index contributed by atoms with van der Waals surface area (Å²) in [5.74, 6) is 0.844. The maximum absolute atomic E-state index is 12.8. The molecular formula is C18H25Cl2N3OS. The molecule has 1 atom stereocenters. The van der Waals surface area contributed by atoms with Crippen LogP contribution in [0, 0.1) is 5.41 Å². The average molecular weight is 402 g/mol. The van der Waals surface area contributed by atoms with E-state index in [4.69, 9.17) is 4.98 Å². The van der Waals surface area contributed by atoms with Crippen molar-refractivity contribution in [3.8, 4) is 0 Å². The third kappa shape index (κ3) is 3.95. The topological polar surface area (TPSA) is 45.2 Å². The Bertz CT molecular complexity index is 689. The lowest BCUT2D eigenvalue weighted by molar-refractivity contribution is -0.141. The van der Waals surface area contributed by atoms with Crippen LogP contribution in [0.3, 0.4) is 0 Å². The molecule has 4 nitrogen and oxygen atoms in total. The van der Waals surface area contributed by atoms with Crippen LogP contribution in [0.1, 0.15) is 37.1 Å². The van der Waals surface area contributed by atoms with Crippen LogP contribution in [0.2, 0.25) is 0 Å². The van der Waals surface area contributed by atoms with E-state index in [1.165, 1.54) is 9.71 Å². The number of nitrogens with one attached hydrogen (secondary N) is 1. The number of aromatic nitrogens is 1. The van der Waals surface area contributed by atoms with Gasteiger partial charge in [-0.3, -0.25) is 4.79 Å². The molecule has 138 valence electrons. The molecular weight excluding hydrogens is 377 g/mol. The molecule has 0 saturated carbocycles. The molecule has 1 N–H and O–H groups in total. The molecule has 0 spiro atoms. The number of thiazole rings is 1. The third-order valence-corrected chi connectivity index (χ3v) is 6.53. The van der Waals surface area contributed by atoms with E-state index in [2.05, 4.69) is 35.3 Å². The highest BCUT2D eigenvalue weighted by atomic mass is 35.5. The molecule has 25 heavy (non-hydrogen) atoms. The van der Waals surface area contributed by atoms with Crippen LogP contribution in [0.5, 0.6) is 0 Å². The van der Waals surface area contributed by atoms with Gasteiger partial charge in [-0.15, -0.1) is 36.2 Å². The Morgan fingerprint density at radius 3 is 2.64 bits per heavy atom. The minimum Gasteiger partial charge on any atom is -0.342 e. The van der Waals surface area contributed by atoms with E-state index >= 15 is 0 Å². The van der Waals surface area contributed by atoms with Crippen molar-refractivity contribution in [1.82, 2.24) is 15.2 Å². The molecule has 4 rings (SSSR count). The molecule has 0 radical (unpaired) electrons. The Balaban J connectivity index is 0.00000113. The van der Waals surface area contributed by atoms with Crippen LogP contribution in [0.4, 0.5) is 0 Å². The summed E-state index contributed by atoms with van der Waals surface area (Å²) in [4.78, 5) is 19.7. The highest BCUT2D eigenvalue weighted by Crippen LogP contribution is 2.35. The van der Waals surface area contributed by atoms with E-state index in [-0.39, 0.29) is 30.2 Å². The van der Waals surface area contributed by atoms with Gasteiger partial charge in [0.15, 0.2) is 0 Å². The average Bonchev–Trinajstić information content (AvgIpc) is 3.21. The highest BCUT2D eigenvalue weighted by Gasteiger charge is 2.40. The number of halogens is 2. The summed E-state index contributed by atoms with van der Waals surface area (Å²) in [5, 5.41) is 4.57. The van der Waals surface area contributed by atoms with Crippen molar-refractivity contribution in [3.63, 3.8) is 0 Å². The minimum absolute atomic E-state index is 0. The maximum Gasteiger partial charge on any atom is 0.229 e. The predicted molar refractivity (Wildman–Crippen MR) is 108 cm³/mol. The van der Waals surface area contributed by atoms with Gasteiger partial charge in [0.25, 0.3) is 0 Å². The standard InChI is InChI=1S/C18H23N3OS.2ClH/c1-18(8-9-19-12-18)17(22)21-10-6-13(7-11-21)16-20-14-4-2-3-5-15(14)23-16;;/h2-5,13,19H,6-12H2,1H3;2*1H. The number of nitrogens with zero attached hydrogens (tertiary/aromatic N) is 2. The molecule has 2 fully saturated rings. The van der Waals surface area contributed by atoms with Crippen molar-refractivity contribution in [1.29, 1.82) is 0 Å². The van der Waals surface area contributed by atoms with Gasteiger partial charge < -0.3 is 10.2 Å². The van der Waals surface area contributed by atoms with Crippen LogP contribution in [0.15, 0.2) is 24.3 Å². The second kappa shape index (κ2) is 8.21. The summed E-state index contributed by atoms with van der Waals surface area (Å²) >= 11 is 1.81. The van der Waals surface area contributed by atoms with Gasteiger partial charge in [0, 0.05) is 25.6 Å². The third-order valence-electron chi connectivity index (χ3n) is 5.33. The Kier molecular flexibility index (Phi) is 6.71. The van der Waals surface area contributed by atoms with E-state index in [1.807, 2.05) is 17.4 Å². The van der Waals surface area contributed by atoms with E-state index in [9.17, 15) is 4.79 Å². The SMILES string of the molecule is CC1(C(=O)N2CCC(c3nc4ccccc4s3)CC2)CCNC1.Cl.Cl. The Labute approximate surface area is 165 Å². The zero-order valence-corrected chi connectivity index (χ0v) is 16.8. The van der Waals surface area contributed by atoms with Crippen LogP contribution >= 0.6 is 36.2 Å². The normalized spacial score (nSPS) is 24.0. The molecule has 0 bridgehead atoms. The Morgan fingerprint density at radius 2 is 2.00 bits per heavy atom. The summed E-state index contributed by atoms with van der Waals surface area (Å²) in [6.45, 7) is 5.63. The summed E-state index contributed by atoms with van der Waals surface area (Å²) in [5.41, 5.74) is 0.915. The van der Waals surface area contributed by atoms with Crippen LogP contribution in [-0.2, 0) is 4.79 Å². The molecule has 0 aliphatic carbocycles. The first-order valence-electron chi connectivity index (χ1n) is 8.51. The monoisotopic (exact) mass is 401 g/mol. The fourth-order valence-corrected chi connectivity index (χ4v) is 4.91. The minimum atomic E-state index is -0.192. The van der Waals surface area contributed by atoms with Gasteiger partial charge in [0.1, 0.15) is 0 Å². The molecule has 2 aromatic rings. The zero-order chi connectivity index (χ0) is 15.9. The molecule has 1 unspecified atom stereocenters. The van der Waals surface area contributed by atoms with Gasteiger partial charge >= 0.3 is 0 Å². The van der Waals surface area contributed by atoms with Crippen molar-refractivity contribution in [2.75, 3.05) is 26.2 Å². The Hall–Kier alpha value is -0.880. The van der Waals surface area contributed by atoms with Crippen LogP contribution < -0.4 is 5.32 Å². The van der Waals surface area contributed by atoms with Crippen molar-refractivity contribution in [3.05, 3.63) is 29.3 Å². The molecule has 2 aliphatic rings. The summed E-state index contributed by atoms with van der Waals surface area (Å²) in [6, 6.07) is 8.34. The highest BCUT2D eigenvalue weighted by molar-refractivity contribution is 7.18. The summed E-state index contributed by atoms with van der Waals surface area (Å²) in [7, 11) is 0. The summed E-state index contributed by atoms with van der Waals surface area (Å²) in [6.07, 6.45) is 3.04. The lowest BCUT2D eigenvalue weighted by atomic mass is 9.86. The fourth-order valence-electron chi connectivity index (χ4n) is 3.78. The first-order chi connectivity index (χ1) is 11.2. The van der Waals surface area contributed by atoms with Crippen LogP contribution in [-0.4, -0.2) is 42.0 Å². The number of benzene rings is 1. The first-order valence-corrected chi connectivity index (χ1v) is 9.33. The van der Waals surface area contributed by atoms with Gasteiger partial charge in [-0.1, -0.05) is 12.1 Å². The molecule has 7 heteroatoms. The number of carbonyl (C=O) groups excluding carboxylic acids is 1. The number of likely N-dealkylation sites (tertiary alicyclic amines) is 1. The van der Waals surface area contributed by atoms with Crippen molar-refractivity contribution < 1.29 is 4.79 Å². The number of amides is 1. The zero-order valence-electron chi connectivity index (χ0n) is 14.4. The fraction of sp³-hybridized carbons (Fsp3) is 0.556. The summed E-state index contributed by atoms with van der Waals surface area (Å²) < 4.78 is 1.27. The molecule has 2 aliphatic heterocycles. The van der Waals surface area contributed by atoms with Crippen LogP contribution in [0.25, 0.3) is 10.2 Å². The quantitative estimate of drug-likeness (QED) is 0.830. The van der Waals surface area contributed by atoms with Gasteiger partial charge in [-0.2, -0.15) is 0 Å². The predicted octanol–water partition coefficient (Wildman–Crippen LogP) is 3.85. The molecule has 2 saturated heterocycles. The Morgan fingerprint density at radius 1 is 1.28 bits per heavy atom. The van der Waals surface area contributed by atoms with Gasteiger partial charge in [0.2, 0.25) is 5.91 Å². The second-order valence-corrected chi connectivity index (χ2v) is 8.14. The van der Waals surface area contributed by atoms with Crippen molar-refractivity contribution in [2.24, 2.45) is 5.41 Å². The smallest absolute Gasteiger partial charge is 0.229 e. The molecule has 1 amide bonds. The maximum atomic E-state index is 12.8. The number of carbonyl (C=O) groups is 1. The number of fused-ring (bicyclic) bond motifs is 1. The van der Waals surface area contributed by atoms with Crippen molar-refractivity contribution in [2.45, 2.75) is 32.1 Å². The molecule has 1 aromatic heterocycles.